The van der Waals surface area contributed by atoms with Gasteiger partial charge in [0.2, 0.25) is 0 Å². The van der Waals surface area contributed by atoms with Crippen LogP contribution in [-0.4, -0.2) is 14.6 Å². The van der Waals surface area contributed by atoms with Crippen LogP contribution in [0.1, 0.15) is 5.69 Å². The van der Waals surface area contributed by atoms with Crippen LogP contribution in [0.15, 0.2) is 42.6 Å². The van der Waals surface area contributed by atoms with Gasteiger partial charge in [0, 0.05) is 12.1 Å². The molecule has 0 spiro atoms. The van der Waals surface area contributed by atoms with Gasteiger partial charge in [0.25, 0.3) is 0 Å². The van der Waals surface area contributed by atoms with Gasteiger partial charge in [0.05, 0.1) is 17.6 Å². The van der Waals surface area contributed by atoms with Crippen LogP contribution in [-0.2, 0) is 6.54 Å². The molecule has 0 aliphatic carbocycles. The van der Waals surface area contributed by atoms with Gasteiger partial charge < -0.3 is 5.73 Å². The summed E-state index contributed by atoms with van der Waals surface area (Å²) in [6.07, 6.45) is 1.78. The highest BCUT2D eigenvalue weighted by Gasteiger charge is 2.05. The van der Waals surface area contributed by atoms with Gasteiger partial charge in [0.15, 0.2) is 5.65 Å². The van der Waals surface area contributed by atoms with E-state index in [1.165, 1.54) is 12.1 Å². The third-order valence-corrected chi connectivity index (χ3v) is 2.70. The normalized spacial score (nSPS) is 11.0. The third-order valence-electron chi connectivity index (χ3n) is 2.70. The van der Waals surface area contributed by atoms with Gasteiger partial charge in [-0.15, -0.1) is 0 Å². The molecular formula is C13H11FN4. The zero-order valence-electron chi connectivity index (χ0n) is 9.55. The molecule has 0 saturated heterocycles. The van der Waals surface area contributed by atoms with Crippen molar-refractivity contribution in [3.8, 4) is 11.3 Å². The Balaban J connectivity index is 2.12. The van der Waals surface area contributed by atoms with Gasteiger partial charge in [0.1, 0.15) is 5.82 Å². The maximum Gasteiger partial charge on any atom is 0.153 e. The summed E-state index contributed by atoms with van der Waals surface area (Å²) in [5, 5.41) is 4.39. The molecule has 0 atom stereocenters. The molecule has 0 amide bonds. The summed E-state index contributed by atoms with van der Waals surface area (Å²) in [4.78, 5) is 4.28. The Hall–Kier alpha value is -2.27. The number of hydrogen-bond acceptors (Lipinski definition) is 3. The lowest BCUT2D eigenvalue weighted by Gasteiger charge is -2.01. The molecule has 2 heterocycles. The Morgan fingerprint density at radius 3 is 2.89 bits per heavy atom. The summed E-state index contributed by atoms with van der Waals surface area (Å²) >= 11 is 0. The van der Waals surface area contributed by atoms with E-state index in [4.69, 9.17) is 5.73 Å². The fourth-order valence-electron chi connectivity index (χ4n) is 1.83. The van der Waals surface area contributed by atoms with Crippen molar-refractivity contribution < 1.29 is 4.39 Å². The first kappa shape index (κ1) is 10.9. The molecule has 0 fully saturated rings. The summed E-state index contributed by atoms with van der Waals surface area (Å²) in [5.74, 6) is -0.275. The second-order valence-electron chi connectivity index (χ2n) is 3.97. The van der Waals surface area contributed by atoms with Crippen LogP contribution in [0.25, 0.3) is 16.9 Å². The van der Waals surface area contributed by atoms with Crippen molar-refractivity contribution in [3.63, 3.8) is 0 Å². The van der Waals surface area contributed by atoms with Crippen LogP contribution in [0.3, 0.4) is 0 Å². The van der Waals surface area contributed by atoms with Crippen molar-refractivity contribution >= 4 is 5.65 Å². The number of nitrogens with zero attached hydrogens (tertiary/aromatic N) is 3. The van der Waals surface area contributed by atoms with Crippen molar-refractivity contribution in [3.05, 3.63) is 54.1 Å². The van der Waals surface area contributed by atoms with Gasteiger partial charge in [-0.3, -0.25) is 0 Å². The number of hydrogen-bond donors (Lipinski definition) is 1. The number of nitrogens with two attached hydrogens (primary N) is 1. The predicted octanol–water partition coefficient (Wildman–Crippen LogP) is 1.99. The molecule has 0 saturated carbocycles. The predicted molar refractivity (Wildman–Crippen MR) is 66.3 cm³/mol. The quantitative estimate of drug-likeness (QED) is 0.747. The molecule has 0 aliphatic heterocycles. The van der Waals surface area contributed by atoms with Crippen molar-refractivity contribution in [2.45, 2.75) is 6.54 Å². The average Bonchev–Trinajstić information content (AvgIpc) is 2.80. The molecule has 0 bridgehead atoms. The molecule has 0 radical (unpaired) electrons. The highest BCUT2D eigenvalue weighted by molar-refractivity contribution is 5.60. The first-order chi connectivity index (χ1) is 8.76. The molecule has 5 heteroatoms. The molecule has 90 valence electrons. The molecule has 3 aromatic rings. The summed E-state index contributed by atoms with van der Waals surface area (Å²) in [7, 11) is 0. The maximum absolute atomic E-state index is 13.2. The molecule has 3 rings (SSSR count). The number of rotatable bonds is 2. The molecule has 4 nitrogen and oxygen atoms in total. The molecule has 0 unspecified atom stereocenters. The zero-order chi connectivity index (χ0) is 12.5. The summed E-state index contributed by atoms with van der Waals surface area (Å²) in [5.41, 5.74) is 8.47. The van der Waals surface area contributed by atoms with Crippen LogP contribution in [0.5, 0.6) is 0 Å². The lowest BCUT2D eigenvalue weighted by molar-refractivity contribution is 0.628. The number of aromatic nitrogens is 3. The molecule has 18 heavy (non-hydrogen) atoms. The zero-order valence-corrected chi connectivity index (χ0v) is 9.55. The van der Waals surface area contributed by atoms with E-state index in [1.54, 1.807) is 16.8 Å². The minimum atomic E-state index is -0.275. The Morgan fingerprint density at radius 2 is 2.11 bits per heavy atom. The SMILES string of the molecule is NCc1cn2nc(-c3cccc(F)c3)ccc2n1. The van der Waals surface area contributed by atoms with Crippen LogP contribution in [0, 0.1) is 5.82 Å². The van der Waals surface area contributed by atoms with Gasteiger partial charge in [-0.2, -0.15) is 5.10 Å². The van der Waals surface area contributed by atoms with E-state index in [1.807, 2.05) is 18.2 Å². The largest absolute Gasteiger partial charge is 0.325 e. The number of fused-ring (bicyclic) bond motifs is 1. The number of imidazole rings is 1. The number of halogens is 1. The van der Waals surface area contributed by atoms with Gasteiger partial charge in [-0.25, -0.2) is 13.9 Å². The Bertz CT molecular complexity index is 705. The van der Waals surface area contributed by atoms with E-state index in [0.717, 1.165) is 16.9 Å². The van der Waals surface area contributed by atoms with Crippen molar-refractivity contribution in [1.82, 2.24) is 14.6 Å². The third kappa shape index (κ3) is 1.84. The highest BCUT2D eigenvalue weighted by atomic mass is 19.1. The molecule has 2 aromatic heterocycles. The van der Waals surface area contributed by atoms with Crippen LogP contribution in [0.2, 0.25) is 0 Å². The minimum Gasteiger partial charge on any atom is -0.325 e. The van der Waals surface area contributed by atoms with Gasteiger partial charge >= 0.3 is 0 Å². The van der Waals surface area contributed by atoms with Crippen molar-refractivity contribution in [1.29, 1.82) is 0 Å². The van der Waals surface area contributed by atoms with Gasteiger partial charge in [-0.1, -0.05) is 12.1 Å². The summed E-state index contributed by atoms with van der Waals surface area (Å²) in [6.45, 7) is 0.374. The first-order valence-corrected chi connectivity index (χ1v) is 5.57. The van der Waals surface area contributed by atoms with E-state index in [9.17, 15) is 4.39 Å². The average molecular weight is 242 g/mol. The molecule has 0 aliphatic rings. The van der Waals surface area contributed by atoms with Crippen molar-refractivity contribution in [2.75, 3.05) is 0 Å². The van der Waals surface area contributed by atoms with Crippen molar-refractivity contribution in [2.24, 2.45) is 5.73 Å². The van der Waals surface area contributed by atoms with Gasteiger partial charge in [-0.05, 0) is 24.3 Å². The minimum absolute atomic E-state index is 0.275. The monoisotopic (exact) mass is 242 g/mol. The summed E-state index contributed by atoms with van der Waals surface area (Å²) < 4.78 is 14.8. The Labute approximate surface area is 103 Å². The van der Waals surface area contributed by atoms with E-state index in [-0.39, 0.29) is 5.82 Å². The van der Waals surface area contributed by atoms with Crippen LogP contribution < -0.4 is 5.73 Å². The molecule has 1 aromatic carbocycles. The van der Waals surface area contributed by atoms with Crippen LogP contribution >= 0.6 is 0 Å². The van der Waals surface area contributed by atoms with E-state index in [0.29, 0.717) is 12.2 Å². The first-order valence-electron chi connectivity index (χ1n) is 5.57. The van der Waals surface area contributed by atoms with E-state index in [2.05, 4.69) is 10.1 Å². The highest BCUT2D eigenvalue weighted by Crippen LogP contribution is 2.18. The standard InChI is InChI=1S/C13H11FN4/c14-10-3-1-2-9(6-10)12-4-5-13-16-11(7-15)8-18(13)17-12/h1-6,8H,7,15H2. The molecule has 2 N–H and O–H groups in total. The van der Waals surface area contributed by atoms with E-state index < -0.39 is 0 Å². The van der Waals surface area contributed by atoms with E-state index >= 15 is 0 Å². The fraction of sp³-hybridized carbons (Fsp3) is 0.0769. The summed E-state index contributed by atoms with van der Waals surface area (Å²) in [6, 6.07) is 10.00. The second-order valence-corrected chi connectivity index (χ2v) is 3.97. The fourth-order valence-corrected chi connectivity index (χ4v) is 1.83. The lowest BCUT2D eigenvalue weighted by atomic mass is 10.1. The Morgan fingerprint density at radius 1 is 1.22 bits per heavy atom. The topological polar surface area (TPSA) is 56.2 Å². The lowest BCUT2D eigenvalue weighted by Crippen LogP contribution is -1.95. The number of benzene rings is 1. The Kier molecular flexibility index (Phi) is 2.53. The molecular weight excluding hydrogens is 231 g/mol. The second kappa shape index (κ2) is 4.19. The van der Waals surface area contributed by atoms with Crippen LogP contribution in [0.4, 0.5) is 4.39 Å². The smallest absolute Gasteiger partial charge is 0.153 e. The maximum atomic E-state index is 13.2.